The zero-order chi connectivity index (χ0) is 14.0. The molecule has 1 aromatic rings. The number of halogens is 2. The first-order valence-corrected chi connectivity index (χ1v) is 8.41. The van der Waals surface area contributed by atoms with E-state index in [1.54, 1.807) is 18.2 Å². The van der Waals surface area contributed by atoms with Crippen LogP contribution in [0.2, 0.25) is 10.0 Å². The minimum absolute atomic E-state index is 0.0832. The highest BCUT2D eigenvalue weighted by atomic mass is 35.5. The number of anilines is 1. The third-order valence-corrected chi connectivity index (χ3v) is 5.58. The molecule has 1 fully saturated rings. The van der Waals surface area contributed by atoms with E-state index in [0.717, 1.165) is 0 Å². The molecule has 0 aliphatic carbocycles. The van der Waals surface area contributed by atoms with Gasteiger partial charge in [0, 0.05) is 5.69 Å². The predicted molar refractivity (Wildman–Crippen MR) is 76.5 cm³/mol. The van der Waals surface area contributed by atoms with Crippen LogP contribution in [0.3, 0.4) is 0 Å². The lowest BCUT2D eigenvalue weighted by Gasteiger charge is -2.21. The van der Waals surface area contributed by atoms with Crippen molar-refractivity contribution in [3.8, 4) is 0 Å². The molecule has 1 atom stereocenters. The topological polar surface area (TPSA) is 63.2 Å². The second kappa shape index (κ2) is 5.69. The number of carbonyl (C=O) groups excluding carboxylic acids is 1. The molecular weight excluding hydrogens is 309 g/mol. The zero-order valence-corrected chi connectivity index (χ0v) is 12.4. The SMILES string of the molecule is O=C(Nc1ccc(Cl)c(Cl)c1)C1CCCS(=O)(=O)C1. The Balaban J connectivity index is 2.06. The molecule has 1 amide bonds. The van der Waals surface area contributed by atoms with E-state index in [4.69, 9.17) is 23.2 Å². The molecular formula is C12H13Cl2NO3S. The minimum Gasteiger partial charge on any atom is -0.326 e. The molecule has 19 heavy (non-hydrogen) atoms. The van der Waals surface area contributed by atoms with Crippen LogP contribution in [0.4, 0.5) is 5.69 Å². The maximum Gasteiger partial charge on any atom is 0.228 e. The predicted octanol–water partition coefficient (Wildman–Crippen LogP) is 2.76. The van der Waals surface area contributed by atoms with E-state index in [-0.39, 0.29) is 17.4 Å². The fourth-order valence-electron chi connectivity index (χ4n) is 2.05. The van der Waals surface area contributed by atoms with Gasteiger partial charge in [-0.05, 0) is 31.0 Å². The number of nitrogens with one attached hydrogen (secondary N) is 1. The number of hydrogen-bond acceptors (Lipinski definition) is 3. The fraction of sp³-hybridized carbons (Fsp3) is 0.417. The highest BCUT2D eigenvalue weighted by Crippen LogP contribution is 2.26. The summed E-state index contributed by atoms with van der Waals surface area (Å²) in [6.45, 7) is 0. The van der Waals surface area contributed by atoms with E-state index >= 15 is 0 Å². The summed E-state index contributed by atoms with van der Waals surface area (Å²) in [5, 5.41) is 3.42. The smallest absolute Gasteiger partial charge is 0.228 e. The number of rotatable bonds is 2. The maximum absolute atomic E-state index is 12.0. The quantitative estimate of drug-likeness (QED) is 0.911. The van der Waals surface area contributed by atoms with Crippen molar-refractivity contribution in [2.24, 2.45) is 5.92 Å². The number of benzene rings is 1. The van der Waals surface area contributed by atoms with Crippen molar-refractivity contribution >= 4 is 44.6 Å². The average Bonchev–Trinajstić information content (AvgIpc) is 2.32. The molecule has 0 aromatic heterocycles. The standard InChI is InChI=1S/C12H13Cl2NO3S/c13-10-4-3-9(6-11(10)14)15-12(16)8-2-1-5-19(17,18)7-8/h3-4,6,8H,1-2,5,7H2,(H,15,16). The summed E-state index contributed by atoms with van der Waals surface area (Å²) in [5.74, 6) is -0.696. The summed E-state index contributed by atoms with van der Waals surface area (Å²) in [6.07, 6.45) is 1.12. The molecule has 0 radical (unpaired) electrons. The Morgan fingerprint density at radius 1 is 1.26 bits per heavy atom. The van der Waals surface area contributed by atoms with Gasteiger partial charge in [-0.3, -0.25) is 4.79 Å². The van der Waals surface area contributed by atoms with Crippen LogP contribution in [0.1, 0.15) is 12.8 Å². The molecule has 0 saturated carbocycles. The Bertz CT molecular complexity index is 601. The molecule has 7 heteroatoms. The lowest BCUT2D eigenvalue weighted by molar-refractivity contribution is -0.119. The van der Waals surface area contributed by atoms with Crippen molar-refractivity contribution in [2.45, 2.75) is 12.8 Å². The molecule has 1 unspecified atom stereocenters. The van der Waals surface area contributed by atoms with Gasteiger partial charge in [-0.1, -0.05) is 23.2 Å². The van der Waals surface area contributed by atoms with E-state index in [2.05, 4.69) is 5.32 Å². The first-order valence-electron chi connectivity index (χ1n) is 5.84. The summed E-state index contributed by atoms with van der Waals surface area (Å²) in [6, 6.07) is 4.75. The van der Waals surface area contributed by atoms with Crippen LogP contribution >= 0.6 is 23.2 Å². The second-order valence-electron chi connectivity index (χ2n) is 4.57. The van der Waals surface area contributed by atoms with Gasteiger partial charge in [0.15, 0.2) is 9.84 Å². The Kier molecular flexibility index (Phi) is 4.38. The Morgan fingerprint density at radius 2 is 2.00 bits per heavy atom. The van der Waals surface area contributed by atoms with Crippen LogP contribution in [0.5, 0.6) is 0 Å². The lowest BCUT2D eigenvalue weighted by Crippen LogP contribution is -2.34. The van der Waals surface area contributed by atoms with Gasteiger partial charge >= 0.3 is 0 Å². The molecule has 1 heterocycles. The van der Waals surface area contributed by atoms with Gasteiger partial charge in [0.1, 0.15) is 0 Å². The largest absolute Gasteiger partial charge is 0.326 e. The molecule has 0 spiro atoms. The van der Waals surface area contributed by atoms with Gasteiger partial charge in [0.2, 0.25) is 5.91 Å². The van der Waals surface area contributed by atoms with Crippen molar-refractivity contribution in [1.82, 2.24) is 0 Å². The molecule has 2 rings (SSSR count). The van der Waals surface area contributed by atoms with Gasteiger partial charge in [-0.2, -0.15) is 0 Å². The van der Waals surface area contributed by atoms with Crippen molar-refractivity contribution in [1.29, 1.82) is 0 Å². The van der Waals surface area contributed by atoms with Gasteiger partial charge in [0.05, 0.1) is 27.5 Å². The fourth-order valence-corrected chi connectivity index (χ4v) is 4.05. The van der Waals surface area contributed by atoms with Gasteiger partial charge in [-0.25, -0.2) is 8.42 Å². The third kappa shape index (κ3) is 3.84. The lowest BCUT2D eigenvalue weighted by atomic mass is 10.0. The molecule has 0 bridgehead atoms. The Labute approximate surface area is 122 Å². The van der Waals surface area contributed by atoms with Crippen LogP contribution in [-0.2, 0) is 14.6 Å². The van der Waals surface area contributed by atoms with E-state index < -0.39 is 15.8 Å². The van der Waals surface area contributed by atoms with Gasteiger partial charge < -0.3 is 5.32 Å². The Morgan fingerprint density at radius 3 is 2.63 bits per heavy atom. The number of hydrogen-bond donors (Lipinski definition) is 1. The van der Waals surface area contributed by atoms with Crippen LogP contribution < -0.4 is 5.32 Å². The molecule has 1 saturated heterocycles. The van der Waals surface area contributed by atoms with E-state index in [1.165, 1.54) is 0 Å². The van der Waals surface area contributed by atoms with Crippen LogP contribution in [0.25, 0.3) is 0 Å². The van der Waals surface area contributed by atoms with Crippen molar-refractivity contribution < 1.29 is 13.2 Å². The molecule has 1 aliphatic rings. The van der Waals surface area contributed by atoms with E-state index in [1.807, 2.05) is 0 Å². The normalized spacial score (nSPS) is 21.9. The zero-order valence-electron chi connectivity index (χ0n) is 10.0. The third-order valence-electron chi connectivity index (χ3n) is 3.02. The van der Waals surface area contributed by atoms with Crippen LogP contribution in [-0.4, -0.2) is 25.8 Å². The molecule has 1 aliphatic heterocycles. The van der Waals surface area contributed by atoms with Crippen molar-refractivity contribution in [2.75, 3.05) is 16.8 Å². The summed E-state index contributed by atoms with van der Waals surface area (Å²) >= 11 is 11.6. The Hall–Kier alpha value is -0.780. The average molecular weight is 322 g/mol. The van der Waals surface area contributed by atoms with Gasteiger partial charge in [-0.15, -0.1) is 0 Å². The minimum atomic E-state index is -3.09. The first kappa shape index (κ1) is 14.6. The second-order valence-corrected chi connectivity index (χ2v) is 7.61. The highest BCUT2D eigenvalue weighted by molar-refractivity contribution is 7.91. The monoisotopic (exact) mass is 321 g/mol. The number of carbonyl (C=O) groups is 1. The summed E-state index contributed by atoms with van der Waals surface area (Å²) in [7, 11) is -3.09. The molecule has 4 nitrogen and oxygen atoms in total. The van der Waals surface area contributed by atoms with Gasteiger partial charge in [0.25, 0.3) is 0 Å². The van der Waals surface area contributed by atoms with Crippen LogP contribution in [0.15, 0.2) is 18.2 Å². The molecule has 1 aromatic carbocycles. The molecule has 1 N–H and O–H groups in total. The van der Waals surface area contributed by atoms with Crippen molar-refractivity contribution in [3.05, 3.63) is 28.2 Å². The molecule has 104 valence electrons. The first-order chi connectivity index (χ1) is 8.87. The summed E-state index contributed by atoms with van der Waals surface area (Å²) in [5.41, 5.74) is 0.516. The summed E-state index contributed by atoms with van der Waals surface area (Å²) < 4.78 is 23.0. The maximum atomic E-state index is 12.0. The highest BCUT2D eigenvalue weighted by Gasteiger charge is 2.29. The van der Waals surface area contributed by atoms with Crippen molar-refractivity contribution in [3.63, 3.8) is 0 Å². The van der Waals surface area contributed by atoms with E-state index in [0.29, 0.717) is 28.6 Å². The number of amides is 1. The van der Waals surface area contributed by atoms with Crippen LogP contribution in [0, 0.1) is 5.92 Å². The van der Waals surface area contributed by atoms with E-state index in [9.17, 15) is 13.2 Å². The summed E-state index contributed by atoms with van der Waals surface area (Å²) in [4.78, 5) is 12.0. The number of sulfone groups is 1.